The summed E-state index contributed by atoms with van der Waals surface area (Å²) in [6.45, 7) is 3.24. The molecule has 1 unspecified atom stereocenters. The van der Waals surface area contributed by atoms with Crippen molar-refractivity contribution in [2.45, 2.75) is 13.0 Å². The summed E-state index contributed by atoms with van der Waals surface area (Å²) < 4.78 is 11.1. The fraction of sp³-hybridized carbons (Fsp3) is 0.318. The lowest BCUT2D eigenvalue weighted by atomic mass is 10.1. The van der Waals surface area contributed by atoms with Crippen molar-refractivity contribution < 1.29 is 23.9 Å². The van der Waals surface area contributed by atoms with Gasteiger partial charge in [-0.2, -0.15) is 11.8 Å². The second kappa shape index (κ2) is 8.79. The summed E-state index contributed by atoms with van der Waals surface area (Å²) in [7, 11) is 0. The summed E-state index contributed by atoms with van der Waals surface area (Å²) >= 11 is 1.39. The minimum Gasteiger partial charge on any atom is -0.486 e. The maximum atomic E-state index is 12.3. The van der Waals surface area contributed by atoms with E-state index in [1.807, 2.05) is 25.1 Å². The molecule has 156 valence electrons. The van der Waals surface area contributed by atoms with Crippen LogP contribution in [0.4, 0.5) is 0 Å². The van der Waals surface area contributed by atoms with E-state index in [9.17, 15) is 14.4 Å². The van der Waals surface area contributed by atoms with Gasteiger partial charge in [-0.15, -0.1) is 0 Å². The molecule has 2 aromatic rings. The lowest BCUT2D eigenvalue weighted by Crippen LogP contribution is -2.32. The number of carbonyl (C=O) groups is 3. The highest BCUT2D eigenvalue weighted by atomic mass is 32.2. The molecule has 0 saturated carbocycles. The van der Waals surface area contributed by atoms with Crippen LogP contribution in [0.2, 0.25) is 0 Å². The Hall–Kier alpha value is -3.00. The molecule has 2 aliphatic heterocycles. The molecule has 4 rings (SSSR count). The van der Waals surface area contributed by atoms with Gasteiger partial charge in [-0.25, -0.2) is 0 Å². The molecule has 0 saturated heterocycles. The minimum atomic E-state index is -0.270. The molecule has 8 heteroatoms. The fourth-order valence-corrected chi connectivity index (χ4v) is 4.18. The van der Waals surface area contributed by atoms with Gasteiger partial charge in [0.15, 0.2) is 11.5 Å². The number of ether oxygens (including phenoxy) is 2. The lowest BCUT2D eigenvalue weighted by Gasteiger charge is -2.21. The van der Waals surface area contributed by atoms with Gasteiger partial charge in [-0.05, 0) is 36.8 Å². The van der Waals surface area contributed by atoms with Crippen molar-refractivity contribution in [2.24, 2.45) is 0 Å². The van der Waals surface area contributed by atoms with Crippen LogP contribution < -0.4 is 14.8 Å². The Kier molecular flexibility index (Phi) is 5.94. The summed E-state index contributed by atoms with van der Waals surface area (Å²) in [5, 5.41) is 2.96. The Morgan fingerprint density at radius 3 is 2.43 bits per heavy atom. The Balaban J connectivity index is 1.23. The quantitative estimate of drug-likeness (QED) is 0.541. The molecular weight excluding hydrogens is 404 g/mol. The number of hydrogen-bond donors (Lipinski definition) is 1. The zero-order chi connectivity index (χ0) is 21.1. The molecule has 0 bridgehead atoms. The van der Waals surface area contributed by atoms with Crippen LogP contribution in [-0.4, -0.2) is 53.9 Å². The SMILES string of the molecule is CC(NC(=O)CSCCN1C(=O)c2ccccc2C1=O)c1ccc2c(c1)OCCO2. The Bertz CT molecular complexity index is 958. The number of thioether (sulfide) groups is 1. The molecule has 0 aromatic heterocycles. The summed E-state index contributed by atoms with van der Waals surface area (Å²) in [4.78, 5) is 38.2. The van der Waals surface area contributed by atoms with Crippen LogP contribution in [0.3, 0.4) is 0 Å². The third-order valence-corrected chi connectivity index (χ3v) is 5.95. The number of rotatable bonds is 7. The molecule has 0 spiro atoms. The molecule has 0 fully saturated rings. The predicted octanol–water partition coefficient (Wildman–Crippen LogP) is 2.66. The van der Waals surface area contributed by atoms with Crippen molar-refractivity contribution in [1.82, 2.24) is 10.2 Å². The van der Waals surface area contributed by atoms with E-state index in [2.05, 4.69) is 5.32 Å². The summed E-state index contributed by atoms with van der Waals surface area (Å²) in [5.74, 6) is 1.50. The van der Waals surface area contributed by atoms with E-state index in [1.165, 1.54) is 16.7 Å². The molecule has 0 radical (unpaired) electrons. The number of hydrogen-bond acceptors (Lipinski definition) is 6. The van der Waals surface area contributed by atoms with Gasteiger partial charge in [0.05, 0.1) is 22.9 Å². The zero-order valence-electron chi connectivity index (χ0n) is 16.6. The van der Waals surface area contributed by atoms with E-state index in [1.54, 1.807) is 24.3 Å². The molecule has 30 heavy (non-hydrogen) atoms. The molecule has 7 nitrogen and oxygen atoms in total. The first kappa shape index (κ1) is 20.3. The third kappa shape index (κ3) is 4.14. The van der Waals surface area contributed by atoms with E-state index in [0.29, 0.717) is 41.6 Å². The van der Waals surface area contributed by atoms with Gasteiger partial charge in [0.25, 0.3) is 11.8 Å². The first-order valence-electron chi connectivity index (χ1n) is 9.76. The number of nitrogens with zero attached hydrogens (tertiary/aromatic N) is 1. The van der Waals surface area contributed by atoms with E-state index >= 15 is 0 Å². The van der Waals surface area contributed by atoms with Crippen LogP contribution >= 0.6 is 11.8 Å². The minimum absolute atomic E-state index is 0.107. The molecule has 2 aromatic carbocycles. The summed E-state index contributed by atoms with van der Waals surface area (Å²) in [6.07, 6.45) is 0. The van der Waals surface area contributed by atoms with Crippen molar-refractivity contribution in [3.8, 4) is 11.5 Å². The van der Waals surface area contributed by atoms with Crippen molar-refractivity contribution in [3.63, 3.8) is 0 Å². The van der Waals surface area contributed by atoms with Crippen LogP contribution in [0.25, 0.3) is 0 Å². The number of imide groups is 1. The van der Waals surface area contributed by atoms with Crippen LogP contribution in [0.15, 0.2) is 42.5 Å². The fourth-order valence-electron chi connectivity index (χ4n) is 3.46. The highest BCUT2D eigenvalue weighted by molar-refractivity contribution is 7.99. The number of benzene rings is 2. The average molecular weight is 426 g/mol. The van der Waals surface area contributed by atoms with Crippen molar-refractivity contribution >= 4 is 29.5 Å². The van der Waals surface area contributed by atoms with Gasteiger partial charge < -0.3 is 14.8 Å². The molecule has 0 aliphatic carbocycles. The van der Waals surface area contributed by atoms with Crippen LogP contribution in [0.5, 0.6) is 11.5 Å². The molecule has 1 atom stereocenters. The van der Waals surface area contributed by atoms with Gasteiger partial charge >= 0.3 is 0 Å². The third-order valence-electron chi connectivity index (χ3n) is 5.01. The van der Waals surface area contributed by atoms with E-state index < -0.39 is 0 Å². The van der Waals surface area contributed by atoms with Gasteiger partial charge in [0, 0.05) is 12.3 Å². The normalized spacial score (nSPS) is 15.7. The molecule has 2 aliphatic rings. The highest BCUT2D eigenvalue weighted by Crippen LogP contribution is 2.32. The van der Waals surface area contributed by atoms with Gasteiger partial charge in [0.1, 0.15) is 13.2 Å². The van der Waals surface area contributed by atoms with Crippen LogP contribution in [0.1, 0.15) is 39.2 Å². The topological polar surface area (TPSA) is 84.9 Å². The molecule has 1 N–H and O–H groups in total. The summed E-state index contributed by atoms with van der Waals surface area (Å²) in [5.41, 5.74) is 1.82. The Morgan fingerprint density at radius 1 is 1.07 bits per heavy atom. The zero-order valence-corrected chi connectivity index (χ0v) is 17.4. The number of nitrogens with one attached hydrogen (secondary N) is 1. The Labute approximate surface area is 178 Å². The van der Waals surface area contributed by atoms with Gasteiger partial charge in [-0.3, -0.25) is 19.3 Å². The standard InChI is InChI=1S/C22H22N2O5S/c1-14(15-6-7-18-19(12-15)29-10-9-28-18)23-20(25)13-30-11-8-24-21(26)16-4-2-3-5-17(16)22(24)27/h2-7,12,14H,8-11,13H2,1H3,(H,23,25). The number of amides is 3. The monoisotopic (exact) mass is 426 g/mol. The number of carbonyl (C=O) groups excluding carboxylic acids is 3. The van der Waals surface area contributed by atoms with Gasteiger partial charge in [-0.1, -0.05) is 18.2 Å². The number of fused-ring (bicyclic) bond motifs is 2. The van der Waals surface area contributed by atoms with E-state index in [-0.39, 0.29) is 36.1 Å². The first-order valence-corrected chi connectivity index (χ1v) is 10.9. The summed E-state index contributed by atoms with van der Waals surface area (Å²) in [6, 6.07) is 12.3. The van der Waals surface area contributed by atoms with Crippen LogP contribution in [-0.2, 0) is 4.79 Å². The first-order chi connectivity index (χ1) is 14.5. The van der Waals surface area contributed by atoms with E-state index in [4.69, 9.17) is 9.47 Å². The second-order valence-electron chi connectivity index (χ2n) is 7.05. The van der Waals surface area contributed by atoms with Gasteiger partial charge in [0.2, 0.25) is 5.91 Å². The average Bonchev–Trinajstić information content (AvgIpc) is 3.01. The largest absolute Gasteiger partial charge is 0.486 e. The molecule has 3 amide bonds. The molecular formula is C22H22N2O5S. The smallest absolute Gasteiger partial charge is 0.261 e. The lowest BCUT2D eigenvalue weighted by molar-refractivity contribution is -0.119. The van der Waals surface area contributed by atoms with Crippen molar-refractivity contribution in [3.05, 3.63) is 59.2 Å². The Morgan fingerprint density at radius 2 is 1.73 bits per heavy atom. The predicted molar refractivity (Wildman–Crippen MR) is 113 cm³/mol. The van der Waals surface area contributed by atoms with E-state index in [0.717, 1.165) is 5.56 Å². The van der Waals surface area contributed by atoms with Crippen LogP contribution in [0, 0.1) is 0 Å². The second-order valence-corrected chi connectivity index (χ2v) is 8.16. The van der Waals surface area contributed by atoms with Crippen molar-refractivity contribution in [2.75, 3.05) is 31.3 Å². The maximum Gasteiger partial charge on any atom is 0.261 e. The molecule has 2 heterocycles. The maximum absolute atomic E-state index is 12.3. The highest BCUT2D eigenvalue weighted by Gasteiger charge is 2.34. The van der Waals surface area contributed by atoms with Crippen molar-refractivity contribution in [1.29, 1.82) is 0 Å².